The number of carbonyl (C=O) groups is 1. The molecule has 7 heteroatoms. The number of carbonyl (C=O) groups excluding carboxylic acids is 1. The van der Waals surface area contributed by atoms with Gasteiger partial charge in [-0.1, -0.05) is 24.6 Å². The van der Waals surface area contributed by atoms with E-state index >= 15 is 0 Å². The van der Waals surface area contributed by atoms with Gasteiger partial charge in [-0.2, -0.15) is 0 Å². The van der Waals surface area contributed by atoms with Crippen molar-refractivity contribution in [3.8, 4) is 0 Å². The maximum Gasteiger partial charge on any atom is 0.287 e. The van der Waals surface area contributed by atoms with E-state index in [0.717, 1.165) is 12.8 Å². The number of benzene rings is 1. The number of sulfone groups is 1. The van der Waals surface area contributed by atoms with Crippen molar-refractivity contribution >= 4 is 26.7 Å². The number of furan rings is 1. The zero-order valence-corrected chi connectivity index (χ0v) is 16.6. The Bertz CT molecular complexity index is 952. The highest BCUT2D eigenvalue weighted by Crippen LogP contribution is 2.33. The Kier molecular flexibility index (Phi) is 4.76. The van der Waals surface area contributed by atoms with Gasteiger partial charge >= 0.3 is 0 Å². The molecule has 2 fully saturated rings. The first-order valence-corrected chi connectivity index (χ1v) is 11.6. The predicted octanol–water partition coefficient (Wildman–Crippen LogP) is 2.72. The number of nitrogens with one attached hydrogen (secondary N) is 1. The molecule has 4 rings (SSSR count). The highest BCUT2D eigenvalue weighted by Gasteiger charge is 2.37. The molecular formula is C20H26N2O4S. The fraction of sp³-hybridized carbons (Fsp3) is 0.550. The van der Waals surface area contributed by atoms with Crippen LogP contribution in [0.1, 0.15) is 48.2 Å². The van der Waals surface area contributed by atoms with Gasteiger partial charge in [0.2, 0.25) is 0 Å². The standard InChI is InChI=1S/C20H26N2O4S/c1-22-14-6-5-7-15(22)11-13(10-14)21-20(23)19-17(12-27(2,24)25)16-8-3-4-9-18(16)26-19/h3-4,8-9,13-15H,5-7,10-12H2,1-2H3,(H,21,23). The first-order chi connectivity index (χ1) is 12.8. The second kappa shape index (κ2) is 6.95. The van der Waals surface area contributed by atoms with E-state index in [1.807, 2.05) is 12.1 Å². The SMILES string of the molecule is CN1C2CCCC1CC(NC(=O)c1oc3ccccc3c1CS(C)(=O)=O)C2. The van der Waals surface area contributed by atoms with Gasteiger partial charge < -0.3 is 14.6 Å². The lowest BCUT2D eigenvalue weighted by Gasteiger charge is -2.47. The molecule has 0 saturated carbocycles. The van der Waals surface area contributed by atoms with Crippen molar-refractivity contribution in [2.75, 3.05) is 13.3 Å². The largest absolute Gasteiger partial charge is 0.451 e. The maximum atomic E-state index is 13.0. The molecule has 1 aromatic heterocycles. The summed E-state index contributed by atoms with van der Waals surface area (Å²) in [5.74, 6) is -0.381. The van der Waals surface area contributed by atoms with Crippen LogP contribution in [0.4, 0.5) is 0 Å². The minimum absolute atomic E-state index is 0.100. The number of amides is 1. The van der Waals surface area contributed by atoms with Crippen molar-refractivity contribution in [1.82, 2.24) is 10.2 Å². The number of rotatable bonds is 4. The summed E-state index contributed by atoms with van der Waals surface area (Å²) in [6.45, 7) is 0. The average molecular weight is 391 g/mol. The van der Waals surface area contributed by atoms with Gasteiger partial charge in [0.05, 0.1) is 5.75 Å². The number of hydrogen-bond acceptors (Lipinski definition) is 5. The van der Waals surface area contributed by atoms with E-state index in [1.54, 1.807) is 12.1 Å². The highest BCUT2D eigenvalue weighted by molar-refractivity contribution is 7.89. The van der Waals surface area contributed by atoms with Gasteiger partial charge in [0, 0.05) is 35.3 Å². The van der Waals surface area contributed by atoms with E-state index in [2.05, 4.69) is 17.3 Å². The van der Waals surface area contributed by atoms with Crippen LogP contribution in [0.2, 0.25) is 0 Å². The molecule has 2 aliphatic heterocycles. The summed E-state index contributed by atoms with van der Waals surface area (Å²) >= 11 is 0. The molecule has 2 aliphatic rings. The Morgan fingerprint density at radius 1 is 1.22 bits per heavy atom. The van der Waals surface area contributed by atoms with Crippen molar-refractivity contribution in [2.24, 2.45) is 0 Å². The highest BCUT2D eigenvalue weighted by atomic mass is 32.2. The van der Waals surface area contributed by atoms with E-state index in [0.29, 0.717) is 28.6 Å². The molecule has 2 bridgehead atoms. The number of piperidine rings is 2. The van der Waals surface area contributed by atoms with E-state index in [-0.39, 0.29) is 23.5 Å². The molecule has 2 atom stereocenters. The van der Waals surface area contributed by atoms with Crippen molar-refractivity contribution in [3.63, 3.8) is 0 Å². The summed E-state index contributed by atoms with van der Waals surface area (Å²) in [4.78, 5) is 15.4. The topological polar surface area (TPSA) is 79.6 Å². The van der Waals surface area contributed by atoms with Crippen LogP contribution >= 0.6 is 0 Å². The molecule has 1 aromatic carbocycles. The normalized spacial score (nSPS) is 26.2. The summed E-state index contributed by atoms with van der Waals surface area (Å²) in [7, 11) is -1.12. The van der Waals surface area contributed by atoms with Gasteiger partial charge in [-0.25, -0.2) is 8.42 Å². The van der Waals surface area contributed by atoms with Crippen LogP contribution in [-0.2, 0) is 15.6 Å². The van der Waals surface area contributed by atoms with Gasteiger partial charge in [0.15, 0.2) is 15.6 Å². The smallest absolute Gasteiger partial charge is 0.287 e. The second-order valence-corrected chi connectivity index (χ2v) is 10.2. The van der Waals surface area contributed by atoms with Crippen LogP contribution in [0.3, 0.4) is 0 Å². The molecule has 1 amide bonds. The average Bonchev–Trinajstić information content (AvgIpc) is 2.93. The number of para-hydroxylation sites is 1. The molecule has 0 spiro atoms. The first kappa shape index (κ1) is 18.5. The first-order valence-electron chi connectivity index (χ1n) is 9.53. The van der Waals surface area contributed by atoms with Crippen molar-refractivity contribution in [3.05, 3.63) is 35.6 Å². The third-order valence-corrected chi connectivity index (χ3v) is 6.80. The van der Waals surface area contributed by atoms with Crippen LogP contribution in [0.5, 0.6) is 0 Å². The molecule has 1 N–H and O–H groups in total. The lowest BCUT2D eigenvalue weighted by molar-refractivity contribution is 0.0457. The molecule has 3 heterocycles. The van der Waals surface area contributed by atoms with Crippen molar-refractivity contribution < 1.29 is 17.6 Å². The fourth-order valence-corrected chi connectivity index (χ4v) is 5.48. The van der Waals surface area contributed by atoms with Gasteiger partial charge in [-0.15, -0.1) is 0 Å². The van der Waals surface area contributed by atoms with Gasteiger partial charge in [0.1, 0.15) is 5.58 Å². The minimum atomic E-state index is -3.29. The van der Waals surface area contributed by atoms with Crippen molar-refractivity contribution in [1.29, 1.82) is 0 Å². The quantitative estimate of drug-likeness (QED) is 0.868. The third kappa shape index (κ3) is 3.75. The van der Waals surface area contributed by atoms with E-state index in [9.17, 15) is 13.2 Å². The van der Waals surface area contributed by atoms with Gasteiger partial charge in [-0.3, -0.25) is 4.79 Å². The Balaban J connectivity index is 1.60. The number of nitrogens with zero attached hydrogens (tertiary/aromatic N) is 1. The van der Waals surface area contributed by atoms with Crippen LogP contribution in [0.15, 0.2) is 28.7 Å². The number of fused-ring (bicyclic) bond motifs is 3. The van der Waals surface area contributed by atoms with E-state index in [4.69, 9.17) is 4.42 Å². The fourth-order valence-electron chi connectivity index (χ4n) is 4.67. The molecule has 146 valence electrons. The Morgan fingerprint density at radius 2 is 1.89 bits per heavy atom. The zero-order valence-electron chi connectivity index (χ0n) is 15.8. The van der Waals surface area contributed by atoms with E-state index < -0.39 is 9.84 Å². The van der Waals surface area contributed by atoms with Gasteiger partial charge in [0.25, 0.3) is 5.91 Å². The predicted molar refractivity (Wildman–Crippen MR) is 104 cm³/mol. The van der Waals surface area contributed by atoms with Crippen molar-refractivity contribution in [2.45, 2.75) is 56.0 Å². The molecule has 2 aromatic rings. The van der Waals surface area contributed by atoms with Crippen LogP contribution in [-0.4, -0.2) is 50.7 Å². The van der Waals surface area contributed by atoms with E-state index in [1.165, 1.54) is 25.5 Å². The van der Waals surface area contributed by atoms with Gasteiger partial charge in [-0.05, 0) is 38.8 Å². The molecule has 0 radical (unpaired) electrons. The maximum absolute atomic E-state index is 13.0. The van der Waals surface area contributed by atoms with Crippen LogP contribution in [0, 0.1) is 0 Å². The summed E-state index contributed by atoms with van der Waals surface area (Å²) in [6.07, 6.45) is 6.63. The summed E-state index contributed by atoms with van der Waals surface area (Å²) < 4.78 is 29.6. The van der Waals surface area contributed by atoms with Crippen LogP contribution < -0.4 is 5.32 Å². The molecule has 6 nitrogen and oxygen atoms in total. The lowest BCUT2D eigenvalue weighted by Crippen LogP contribution is -2.55. The minimum Gasteiger partial charge on any atom is -0.451 e. The lowest BCUT2D eigenvalue weighted by atomic mass is 9.82. The molecule has 2 saturated heterocycles. The molecule has 2 unspecified atom stereocenters. The summed E-state index contributed by atoms with van der Waals surface area (Å²) in [5.41, 5.74) is 1.00. The van der Waals surface area contributed by atoms with Crippen LogP contribution in [0.25, 0.3) is 11.0 Å². The molecule has 0 aliphatic carbocycles. The third-order valence-electron chi connectivity index (χ3n) is 5.99. The molecule has 27 heavy (non-hydrogen) atoms. The Labute approximate surface area is 159 Å². The monoisotopic (exact) mass is 390 g/mol. The number of hydrogen-bond donors (Lipinski definition) is 1. The summed E-state index contributed by atoms with van der Waals surface area (Å²) in [5, 5.41) is 3.81. The Hall–Kier alpha value is -1.86. The summed E-state index contributed by atoms with van der Waals surface area (Å²) in [6, 6.07) is 8.32. The Morgan fingerprint density at radius 3 is 2.56 bits per heavy atom. The molecular weight excluding hydrogens is 364 g/mol. The zero-order chi connectivity index (χ0) is 19.2. The second-order valence-electron chi connectivity index (χ2n) is 8.02.